The summed E-state index contributed by atoms with van der Waals surface area (Å²) in [6.45, 7) is 0. The summed E-state index contributed by atoms with van der Waals surface area (Å²) in [5.41, 5.74) is 2.12. The summed E-state index contributed by atoms with van der Waals surface area (Å²) in [4.78, 5) is 0. The summed E-state index contributed by atoms with van der Waals surface area (Å²) < 4.78 is 6.81. The lowest BCUT2D eigenvalue weighted by molar-refractivity contribution is 0.572. The van der Waals surface area contributed by atoms with Crippen LogP contribution in [-0.2, 0) is 0 Å². The number of hydrogen-bond donors (Lipinski definition) is 0. The molecule has 3 rings (SSSR count). The van der Waals surface area contributed by atoms with E-state index in [0.29, 0.717) is 21.9 Å². The summed E-state index contributed by atoms with van der Waals surface area (Å²) in [5.74, 6) is 1.35. The predicted octanol–water partition coefficient (Wildman–Crippen LogP) is 6.43. The Morgan fingerprint density at radius 3 is 2.65 bits per heavy atom. The fraction of sp³-hybridized carbons (Fsp3) is 0. The topological polar surface area (TPSA) is 36.9 Å². The third kappa shape index (κ3) is 3.56. The summed E-state index contributed by atoms with van der Waals surface area (Å²) in [5, 5.41) is 9.94. The first kappa shape index (κ1) is 15.6. The summed E-state index contributed by atoms with van der Waals surface area (Å²) >= 11 is 9.60. The number of nitrogens with zero attached hydrogens (tertiary/aromatic N) is 1. The van der Waals surface area contributed by atoms with Crippen molar-refractivity contribution in [1.29, 1.82) is 5.26 Å². The van der Waals surface area contributed by atoms with Gasteiger partial charge in [0.25, 0.3) is 0 Å². The number of nitriles is 1. The van der Waals surface area contributed by atoms with Crippen LogP contribution >= 0.6 is 27.5 Å². The van der Waals surface area contributed by atoms with Gasteiger partial charge in [-0.2, -0.15) is 5.26 Å². The molecule has 0 unspecified atom stereocenters. The van der Waals surface area contributed by atoms with E-state index in [0.717, 1.165) is 15.8 Å². The highest BCUT2D eigenvalue weighted by molar-refractivity contribution is 9.10. The van der Waals surface area contributed by atoms with Crippen LogP contribution < -0.4 is 0 Å². The van der Waals surface area contributed by atoms with Crippen LogP contribution in [0.15, 0.2) is 69.6 Å². The lowest BCUT2D eigenvalue weighted by Gasteiger charge is -2.01. The molecule has 4 heteroatoms. The van der Waals surface area contributed by atoms with Gasteiger partial charge in [-0.25, -0.2) is 0 Å². The highest BCUT2D eigenvalue weighted by Crippen LogP contribution is 2.28. The van der Waals surface area contributed by atoms with E-state index in [-0.39, 0.29) is 0 Å². The molecule has 2 nitrogen and oxygen atoms in total. The molecule has 1 aromatic heterocycles. The van der Waals surface area contributed by atoms with E-state index < -0.39 is 0 Å². The van der Waals surface area contributed by atoms with Gasteiger partial charge in [-0.05, 0) is 36.4 Å². The van der Waals surface area contributed by atoms with Crippen molar-refractivity contribution in [2.45, 2.75) is 0 Å². The number of allylic oxidation sites excluding steroid dienone is 1. The molecule has 0 saturated carbocycles. The van der Waals surface area contributed by atoms with Gasteiger partial charge in [-0.15, -0.1) is 0 Å². The minimum absolute atomic E-state index is 0.464. The van der Waals surface area contributed by atoms with Crippen molar-refractivity contribution in [3.8, 4) is 17.4 Å². The molecule has 0 spiro atoms. The molecule has 112 valence electrons. The van der Waals surface area contributed by atoms with Gasteiger partial charge in [0.2, 0.25) is 0 Å². The minimum atomic E-state index is 0.464. The second-order valence-electron chi connectivity index (χ2n) is 4.86. The first-order chi connectivity index (χ1) is 11.2. The first-order valence-electron chi connectivity index (χ1n) is 6.90. The lowest BCUT2D eigenvalue weighted by Crippen LogP contribution is -1.82. The van der Waals surface area contributed by atoms with Crippen LogP contribution in [0, 0.1) is 11.3 Å². The molecule has 3 aromatic rings. The maximum absolute atomic E-state index is 9.40. The van der Waals surface area contributed by atoms with Gasteiger partial charge in [0.15, 0.2) is 0 Å². The zero-order valence-corrected chi connectivity index (χ0v) is 14.3. The SMILES string of the molecule is N#CC(=Cc1ccc(-c2cccc(Br)c2)o1)c1ccccc1Cl. The Bertz CT molecular complexity index is 921. The van der Waals surface area contributed by atoms with Crippen LogP contribution in [0.25, 0.3) is 23.0 Å². The largest absolute Gasteiger partial charge is 0.457 e. The molecule has 0 aliphatic carbocycles. The van der Waals surface area contributed by atoms with E-state index in [2.05, 4.69) is 22.0 Å². The zero-order valence-electron chi connectivity index (χ0n) is 12.0. The van der Waals surface area contributed by atoms with Gasteiger partial charge >= 0.3 is 0 Å². The van der Waals surface area contributed by atoms with Gasteiger partial charge in [-0.1, -0.05) is 57.9 Å². The van der Waals surface area contributed by atoms with Crippen LogP contribution in [0.2, 0.25) is 5.02 Å². The van der Waals surface area contributed by atoms with Gasteiger partial charge < -0.3 is 4.42 Å². The fourth-order valence-electron chi connectivity index (χ4n) is 2.22. The Morgan fingerprint density at radius 1 is 1.09 bits per heavy atom. The normalized spacial score (nSPS) is 11.3. The smallest absolute Gasteiger partial charge is 0.134 e. The number of benzene rings is 2. The molecule has 0 saturated heterocycles. The Morgan fingerprint density at radius 2 is 1.91 bits per heavy atom. The molecule has 0 radical (unpaired) electrons. The average Bonchev–Trinajstić information content (AvgIpc) is 3.02. The van der Waals surface area contributed by atoms with E-state index in [1.54, 1.807) is 12.1 Å². The van der Waals surface area contributed by atoms with Crippen LogP contribution in [0.5, 0.6) is 0 Å². The third-order valence-electron chi connectivity index (χ3n) is 3.31. The average molecular weight is 385 g/mol. The Hall–Kier alpha value is -2.28. The molecule has 0 aliphatic rings. The van der Waals surface area contributed by atoms with Crippen molar-refractivity contribution in [3.05, 3.63) is 81.5 Å². The molecule has 0 amide bonds. The Kier molecular flexibility index (Phi) is 4.66. The molecular weight excluding hydrogens is 374 g/mol. The minimum Gasteiger partial charge on any atom is -0.457 e. The molecular formula is C19H11BrClNO. The second kappa shape index (κ2) is 6.87. The Balaban J connectivity index is 1.97. The molecule has 0 bridgehead atoms. The predicted molar refractivity (Wildman–Crippen MR) is 96.8 cm³/mol. The molecule has 23 heavy (non-hydrogen) atoms. The van der Waals surface area contributed by atoms with E-state index in [1.807, 2.05) is 54.6 Å². The van der Waals surface area contributed by atoms with Crippen LogP contribution in [-0.4, -0.2) is 0 Å². The molecule has 2 aromatic carbocycles. The number of furan rings is 1. The van der Waals surface area contributed by atoms with E-state index in [9.17, 15) is 5.26 Å². The molecule has 1 heterocycles. The van der Waals surface area contributed by atoms with Gasteiger partial charge in [0.05, 0.1) is 11.6 Å². The highest BCUT2D eigenvalue weighted by atomic mass is 79.9. The van der Waals surface area contributed by atoms with E-state index in [4.69, 9.17) is 16.0 Å². The van der Waals surface area contributed by atoms with Crippen LogP contribution in [0.4, 0.5) is 0 Å². The van der Waals surface area contributed by atoms with Gasteiger partial charge in [0, 0.05) is 20.6 Å². The zero-order chi connectivity index (χ0) is 16.2. The molecule has 0 atom stereocenters. The highest BCUT2D eigenvalue weighted by Gasteiger charge is 2.08. The van der Waals surface area contributed by atoms with Crippen molar-refractivity contribution < 1.29 is 4.42 Å². The second-order valence-corrected chi connectivity index (χ2v) is 6.18. The van der Waals surface area contributed by atoms with Crippen LogP contribution in [0.3, 0.4) is 0 Å². The first-order valence-corrected chi connectivity index (χ1v) is 8.07. The standard InChI is InChI=1S/C19H11BrClNO/c20-15-5-3-4-13(10-15)19-9-8-16(23-19)11-14(12-22)17-6-1-2-7-18(17)21/h1-11H. The van der Waals surface area contributed by atoms with E-state index in [1.165, 1.54) is 0 Å². The summed E-state index contributed by atoms with van der Waals surface area (Å²) in [7, 11) is 0. The van der Waals surface area contributed by atoms with Crippen molar-refractivity contribution in [3.63, 3.8) is 0 Å². The molecule has 0 N–H and O–H groups in total. The monoisotopic (exact) mass is 383 g/mol. The van der Waals surface area contributed by atoms with E-state index >= 15 is 0 Å². The number of halogens is 2. The van der Waals surface area contributed by atoms with Gasteiger partial charge in [-0.3, -0.25) is 0 Å². The summed E-state index contributed by atoms with van der Waals surface area (Å²) in [6.07, 6.45) is 1.70. The summed E-state index contributed by atoms with van der Waals surface area (Å²) in [6, 6.07) is 21.0. The maximum Gasteiger partial charge on any atom is 0.134 e. The van der Waals surface area contributed by atoms with Crippen molar-refractivity contribution >= 4 is 39.2 Å². The maximum atomic E-state index is 9.40. The number of hydrogen-bond acceptors (Lipinski definition) is 2. The van der Waals surface area contributed by atoms with Crippen molar-refractivity contribution in [2.24, 2.45) is 0 Å². The van der Waals surface area contributed by atoms with Crippen molar-refractivity contribution in [2.75, 3.05) is 0 Å². The van der Waals surface area contributed by atoms with Gasteiger partial charge in [0.1, 0.15) is 11.5 Å². The molecule has 0 fully saturated rings. The van der Waals surface area contributed by atoms with Crippen molar-refractivity contribution in [1.82, 2.24) is 0 Å². The number of rotatable bonds is 3. The fourth-order valence-corrected chi connectivity index (χ4v) is 2.86. The van der Waals surface area contributed by atoms with Crippen LogP contribution in [0.1, 0.15) is 11.3 Å². The molecule has 0 aliphatic heterocycles. The Labute approximate surface area is 147 Å². The lowest BCUT2D eigenvalue weighted by atomic mass is 10.1. The third-order valence-corrected chi connectivity index (χ3v) is 4.13. The quantitative estimate of drug-likeness (QED) is 0.488.